The van der Waals surface area contributed by atoms with Gasteiger partial charge in [0.1, 0.15) is 0 Å². The monoisotopic (exact) mass is 416 g/mol. The lowest BCUT2D eigenvalue weighted by Gasteiger charge is -2.33. The van der Waals surface area contributed by atoms with Crippen LogP contribution in [0.2, 0.25) is 0 Å². The van der Waals surface area contributed by atoms with Gasteiger partial charge in [-0.2, -0.15) is 18.3 Å². The molecule has 0 saturated carbocycles. The highest BCUT2D eigenvalue weighted by molar-refractivity contribution is 6.04. The largest absolute Gasteiger partial charge is 0.416 e. The number of para-hydroxylation sites is 1. The molecule has 0 bridgehead atoms. The predicted octanol–water partition coefficient (Wildman–Crippen LogP) is 4.22. The van der Waals surface area contributed by atoms with Crippen LogP contribution in [0.15, 0.2) is 48.5 Å². The van der Waals surface area contributed by atoms with Crippen molar-refractivity contribution < 1.29 is 18.0 Å². The van der Waals surface area contributed by atoms with Gasteiger partial charge in [0.05, 0.1) is 11.1 Å². The third-order valence-electron chi connectivity index (χ3n) is 5.50. The zero-order chi connectivity index (χ0) is 21.1. The molecular weight excluding hydrogens is 393 g/mol. The molecule has 2 heterocycles. The second-order valence-corrected chi connectivity index (χ2v) is 7.77. The molecule has 158 valence electrons. The SMILES string of the molecule is O=C(NCC1CCCN(Cc2cccc(C(F)(F)F)c2)C1)c1n[nH]c2ccccc12. The Balaban J connectivity index is 1.34. The number of aromatic nitrogens is 2. The summed E-state index contributed by atoms with van der Waals surface area (Å²) in [6.45, 7) is 2.56. The third-order valence-corrected chi connectivity index (χ3v) is 5.50. The molecule has 1 amide bonds. The van der Waals surface area contributed by atoms with Crippen molar-refractivity contribution in [3.8, 4) is 0 Å². The zero-order valence-corrected chi connectivity index (χ0v) is 16.4. The molecule has 1 aromatic heterocycles. The molecule has 0 radical (unpaired) electrons. The summed E-state index contributed by atoms with van der Waals surface area (Å²) in [6, 6.07) is 12.9. The van der Waals surface area contributed by atoms with Gasteiger partial charge in [0.15, 0.2) is 5.69 Å². The zero-order valence-electron chi connectivity index (χ0n) is 16.4. The van der Waals surface area contributed by atoms with Crippen molar-refractivity contribution in [2.45, 2.75) is 25.6 Å². The first kappa shape index (κ1) is 20.4. The Kier molecular flexibility index (Phi) is 5.76. The van der Waals surface area contributed by atoms with Crippen LogP contribution in [0.3, 0.4) is 0 Å². The van der Waals surface area contributed by atoms with E-state index in [1.807, 2.05) is 24.3 Å². The van der Waals surface area contributed by atoms with E-state index in [1.165, 1.54) is 12.1 Å². The maximum atomic E-state index is 12.9. The molecule has 0 aliphatic carbocycles. The van der Waals surface area contributed by atoms with Gasteiger partial charge in [-0.05, 0) is 43.0 Å². The highest BCUT2D eigenvalue weighted by Crippen LogP contribution is 2.30. The van der Waals surface area contributed by atoms with Crippen molar-refractivity contribution in [3.63, 3.8) is 0 Å². The number of H-pyrrole nitrogens is 1. The van der Waals surface area contributed by atoms with Crippen molar-refractivity contribution >= 4 is 16.8 Å². The predicted molar refractivity (Wildman–Crippen MR) is 108 cm³/mol. The topological polar surface area (TPSA) is 61.0 Å². The molecule has 8 heteroatoms. The number of likely N-dealkylation sites (tertiary alicyclic amines) is 1. The minimum absolute atomic E-state index is 0.220. The molecule has 3 aromatic rings. The molecule has 1 fully saturated rings. The van der Waals surface area contributed by atoms with Crippen LogP contribution in [0.25, 0.3) is 10.9 Å². The number of hydrogen-bond donors (Lipinski definition) is 2. The summed E-state index contributed by atoms with van der Waals surface area (Å²) >= 11 is 0. The van der Waals surface area contributed by atoms with Crippen molar-refractivity contribution in [2.75, 3.05) is 19.6 Å². The summed E-state index contributed by atoms with van der Waals surface area (Å²) in [6.07, 6.45) is -2.41. The van der Waals surface area contributed by atoms with Crippen LogP contribution in [0.5, 0.6) is 0 Å². The standard InChI is InChI=1S/C22H23F3N4O/c23-22(24,25)17-7-3-5-15(11-17)13-29-10-4-6-16(14-29)12-26-21(30)20-18-8-1-2-9-19(18)27-28-20/h1-3,5,7-9,11,16H,4,6,10,12-14H2,(H,26,30)(H,27,28). The number of amides is 1. The normalized spacial score (nSPS) is 17.9. The van der Waals surface area contributed by atoms with Gasteiger partial charge >= 0.3 is 6.18 Å². The van der Waals surface area contributed by atoms with E-state index in [0.29, 0.717) is 24.3 Å². The highest BCUT2D eigenvalue weighted by atomic mass is 19.4. The fourth-order valence-electron chi connectivity index (χ4n) is 4.02. The number of alkyl halides is 3. The third kappa shape index (κ3) is 4.64. The summed E-state index contributed by atoms with van der Waals surface area (Å²) in [5, 5.41) is 10.7. The molecule has 30 heavy (non-hydrogen) atoms. The van der Waals surface area contributed by atoms with Crippen LogP contribution in [0, 0.1) is 5.92 Å². The van der Waals surface area contributed by atoms with E-state index in [4.69, 9.17) is 0 Å². The molecule has 1 unspecified atom stereocenters. The first-order valence-electron chi connectivity index (χ1n) is 10.00. The molecule has 2 aromatic carbocycles. The molecular formula is C22H23F3N4O. The van der Waals surface area contributed by atoms with E-state index < -0.39 is 11.7 Å². The van der Waals surface area contributed by atoms with Crippen LogP contribution in [0.1, 0.15) is 34.5 Å². The van der Waals surface area contributed by atoms with Crippen LogP contribution in [-0.2, 0) is 12.7 Å². The summed E-state index contributed by atoms with van der Waals surface area (Å²) in [5.41, 5.74) is 1.22. The lowest BCUT2D eigenvalue weighted by molar-refractivity contribution is -0.137. The Bertz CT molecular complexity index is 1030. The number of nitrogens with one attached hydrogen (secondary N) is 2. The Morgan fingerprint density at radius 2 is 2.03 bits per heavy atom. The molecule has 2 N–H and O–H groups in total. The van der Waals surface area contributed by atoms with E-state index in [-0.39, 0.29) is 11.8 Å². The molecule has 1 aliphatic heterocycles. The fraction of sp³-hybridized carbons (Fsp3) is 0.364. The number of halogens is 3. The van der Waals surface area contributed by atoms with Crippen molar-refractivity contribution in [1.29, 1.82) is 0 Å². The lowest BCUT2D eigenvalue weighted by Crippen LogP contribution is -2.40. The van der Waals surface area contributed by atoms with Crippen molar-refractivity contribution in [3.05, 3.63) is 65.4 Å². The van der Waals surface area contributed by atoms with Gasteiger partial charge < -0.3 is 5.32 Å². The van der Waals surface area contributed by atoms with Gasteiger partial charge in [-0.15, -0.1) is 0 Å². The van der Waals surface area contributed by atoms with Crippen LogP contribution < -0.4 is 5.32 Å². The maximum Gasteiger partial charge on any atom is 0.416 e. The Morgan fingerprint density at radius 3 is 2.87 bits per heavy atom. The molecule has 5 nitrogen and oxygen atoms in total. The Hall–Kier alpha value is -2.87. The number of benzene rings is 2. The minimum atomic E-state index is -4.33. The van der Waals surface area contributed by atoms with Crippen molar-refractivity contribution in [1.82, 2.24) is 20.4 Å². The molecule has 1 aliphatic rings. The molecule has 0 spiro atoms. The van der Waals surface area contributed by atoms with E-state index in [0.717, 1.165) is 42.9 Å². The van der Waals surface area contributed by atoms with E-state index in [9.17, 15) is 18.0 Å². The van der Waals surface area contributed by atoms with Crippen LogP contribution in [-0.4, -0.2) is 40.6 Å². The number of rotatable bonds is 5. The fourth-order valence-corrected chi connectivity index (χ4v) is 4.02. The van der Waals surface area contributed by atoms with E-state index >= 15 is 0 Å². The summed E-state index contributed by atoms with van der Waals surface area (Å²) in [7, 11) is 0. The number of piperidine rings is 1. The van der Waals surface area contributed by atoms with Gasteiger partial charge in [-0.25, -0.2) is 0 Å². The summed E-state index contributed by atoms with van der Waals surface area (Å²) in [4.78, 5) is 14.7. The highest BCUT2D eigenvalue weighted by Gasteiger charge is 2.30. The maximum absolute atomic E-state index is 12.9. The van der Waals surface area contributed by atoms with Gasteiger partial charge in [0.2, 0.25) is 0 Å². The number of aromatic amines is 1. The number of carbonyl (C=O) groups excluding carboxylic acids is 1. The second kappa shape index (κ2) is 8.47. The Morgan fingerprint density at radius 1 is 1.20 bits per heavy atom. The number of nitrogens with zero attached hydrogens (tertiary/aromatic N) is 2. The number of carbonyl (C=O) groups is 1. The lowest BCUT2D eigenvalue weighted by atomic mass is 9.97. The smallest absolute Gasteiger partial charge is 0.350 e. The average molecular weight is 416 g/mol. The average Bonchev–Trinajstić information content (AvgIpc) is 3.16. The number of hydrogen-bond acceptors (Lipinski definition) is 3. The first-order chi connectivity index (χ1) is 14.4. The van der Waals surface area contributed by atoms with Crippen LogP contribution >= 0.6 is 0 Å². The van der Waals surface area contributed by atoms with Gasteiger partial charge in [0, 0.05) is 25.0 Å². The first-order valence-corrected chi connectivity index (χ1v) is 10.00. The van der Waals surface area contributed by atoms with E-state index in [1.54, 1.807) is 6.07 Å². The summed E-state index contributed by atoms with van der Waals surface area (Å²) < 4.78 is 38.8. The second-order valence-electron chi connectivity index (χ2n) is 7.77. The van der Waals surface area contributed by atoms with Crippen molar-refractivity contribution in [2.24, 2.45) is 5.92 Å². The van der Waals surface area contributed by atoms with Crippen LogP contribution in [0.4, 0.5) is 13.2 Å². The van der Waals surface area contributed by atoms with Gasteiger partial charge in [0.25, 0.3) is 5.91 Å². The summed E-state index contributed by atoms with van der Waals surface area (Å²) in [5.74, 6) is 0.0288. The molecule has 1 atom stereocenters. The molecule has 4 rings (SSSR count). The number of fused-ring (bicyclic) bond motifs is 1. The Labute approximate surface area is 172 Å². The van der Waals surface area contributed by atoms with Gasteiger partial charge in [-0.1, -0.05) is 36.4 Å². The van der Waals surface area contributed by atoms with Gasteiger partial charge in [-0.3, -0.25) is 14.8 Å². The quantitative estimate of drug-likeness (QED) is 0.655. The van der Waals surface area contributed by atoms with E-state index in [2.05, 4.69) is 20.4 Å². The molecule has 1 saturated heterocycles. The minimum Gasteiger partial charge on any atom is -0.350 e.